The monoisotopic (exact) mass is 1100 g/mol. The minimum Gasteiger partial charge on any atom is -0.201 e. The van der Waals surface area contributed by atoms with Crippen molar-refractivity contribution in [3.63, 3.8) is 0 Å². The first-order valence-corrected chi connectivity index (χ1v) is 30.8. The molecule has 4 nitrogen and oxygen atoms in total. The molecule has 0 aliphatic carbocycles. The van der Waals surface area contributed by atoms with Crippen molar-refractivity contribution in [3.05, 3.63) is 211 Å². The molecule has 4 heterocycles. The zero-order chi connectivity index (χ0) is 61.2. The Balaban J connectivity index is 0.000000201. The quantitative estimate of drug-likeness (QED) is 0.108. The lowest BCUT2D eigenvalue weighted by Gasteiger charge is -2.13. The number of benzene rings is 4. The fourth-order valence-corrected chi connectivity index (χ4v) is 11.9. The van der Waals surface area contributed by atoms with Crippen LogP contribution in [0.3, 0.4) is 0 Å². The second kappa shape index (κ2) is 29.1. The summed E-state index contributed by atoms with van der Waals surface area (Å²) in [6, 6.07) is 36.6. The third kappa shape index (κ3) is 16.8. The van der Waals surface area contributed by atoms with E-state index in [1.54, 1.807) is 0 Å². The van der Waals surface area contributed by atoms with E-state index in [9.17, 15) is 0 Å². The Bertz CT molecular complexity index is 3470. The van der Waals surface area contributed by atoms with Gasteiger partial charge in [0, 0.05) is 68.8 Å². The average Bonchev–Trinajstić information content (AvgIpc) is 3.38. The first kappa shape index (κ1) is 66.3. The normalized spacial score (nSPS) is 11.3. The number of rotatable bonds is 12. The number of pyridine rings is 4. The summed E-state index contributed by atoms with van der Waals surface area (Å²) in [5.74, 6) is 3.53. The van der Waals surface area contributed by atoms with Crippen molar-refractivity contribution >= 4 is 0 Å². The third-order valence-electron chi connectivity index (χ3n) is 16.6. The second-order valence-electron chi connectivity index (χ2n) is 26.0. The first-order valence-electron chi connectivity index (χ1n) is 30.8. The number of nitrogens with zero attached hydrogens (tertiary/aromatic N) is 4. The van der Waals surface area contributed by atoms with Crippen molar-refractivity contribution in [1.82, 2.24) is 0 Å². The van der Waals surface area contributed by atoms with Crippen molar-refractivity contribution in [2.45, 2.75) is 195 Å². The van der Waals surface area contributed by atoms with E-state index in [1.807, 2.05) is 0 Å². The summed E-state index contributed by atoms with van der Waals surface area (Å²) in [7, 11) is 8.57. The highest BCUT2D eigenvalue weighted by Crippen LogP contribution is 2.31. The maximum Gasteiger partial charge on any atom is 0.212 e. The smallest absolute Gasteiger partial charge is 0.201 e. The largest absolute Gasteiger partial charge is 0.212 e. The summed E-state index contributed by atoms with van der Waals surface area (Å²) in [5.41, 5.74) is 32.8. The lowest BCUT2D eigenvalue weighted by molar-refractivity contribution is -0.661. The van der Waals surface area contributed by atoms with Crippen LogP contribution in [0.2, 0.25) is 0 Å². The zero-order valence-electron chi connectivity index (χ0n) is 56.2. The molecule has 4 aromatic heterocycles. The molecule has 4 heteroatoms. The van der Waals surface area contributed by atoms with Gasteiger partial charge in [0.25, 0.3) is 0 Å². The standard InChI is InChI=1S/C21H30N.C20H28N.C19H26N.C18H24N/c1-14(2)10-18-8-9-19(16(5)11-18)21-12-17(6)20(15(3)4)13-22(21)7;1-13(2)17-8-9-18(15(5)10-17)20-11-16(6)19(14(3)4)12-21(20)7;1-7-16-8-9-17(14(4)10-16)19-11-18(13(2)3)15(5)12-20(19)6;1-12(2)17-10-18(19(6)11-15(17)5)16-8-7-13(3)9-14(16)4/h8-9,11-15H,10H2,1-7H3;8-14H,1-7H3;8-13H,7H2,1-6H3;7-12H,1-6H3/q4*+1. The van der Waals surface area contributed by atoms with Crippen LogP contribution >= 0.6 is 0 Å². The van der Waals surface area contributed by atoms with Crippen LogP contribution in [0.4, 0.5) is 0 Å². The third-order valence-corrected chi connectivity index (χ3v) is 16.6. The van der Waals surface area contributed by atoms with Gasteiger partial charge in [0.15, 0.2) is 24.8 Å². The molecular weight excluding hydrogens is 993 g/mol. The van der Waals surface area contributed by atoms with Gasteiger partial charge in [0.2, 0.25) is 22.8 Å². The summed E-state index contributed by atoms with van der Waals surface area (Å²) in [5, 5.41) is 0. The molecule has 82 heavy (non-hydrogen) atoms. The Hall–Kier alpha value is -6.52. The molecule has 0 amide bonds. The van der Waals surface area contributed by atoms with E-state index in [0.29, 0.717) is 35.5 Å². The number of aromatic nitrogens is 4. The van der Waals surface area contributed by atoms with Crippen LogP contribution in [0, 0.1) is 68.2 Å². The van der Waals surface area contributed by atoms with Gasteiger partial charge in [-0.05, 0) is 196 Å². The number of aryl methyl sites for hydroxylation is 14. The summed E-state index contributed by atoms with van der Waals surface area (Å²) >= 11 is 0. The van der Waals surface area contributed by atoms with Gasteiger partial charge >= 0.3 is 0 Å². The SMILES string of the molecule is CCc1ccc(-c2cc(C(C)C)c(C)c[n+]2C)c(C)c1.Cc1cc(C(C)C)ccc1-c1cc(C)c(C(C)C)c[n+]1C.Cc1cc(CC(C)C)ccc1-c1cc(C)c(C(C)C)c[n+]1C.Cc1ccc(-c2cc(C(C)C)c(C)c[n+]2C)c(C)c1. The Morgan fingerprint density at radius 1 is 0.305 bits per heavy atom. The molecule has 436 valence electrons. The minimum atomic E-state index is 0.560. The van der Waals surface area contributed by atoms with Crippen LogP contribution < -0.4 is 18.3 Å². The molecule has 8 rings (SSSR count). The summed E-state index contributed by atoms with van der Waals surface area (Å²) < 4.78 is 9.01. The van der Waals surface area contributed by atoms with E-state index >= 15 is 0 Å². The van der Waals surface area contributed by atoms with Crippen LogP contribution in [0.1, 0.15) is 209 Å². The fourth-order valence-electron chi connectivity index (χ4n) is 11.9. The fraction of sp³-hybridized carbons (Fsp3) is 0.436. The Kier molecular flexibility index (Phi) is 23.6. The van der Waals surface area contributed by atoms with Gasteiger partial charge in [0.1, 0.15) is 28.2 Å². The molecule has 0 fully saturated rings. The second-order valence-corrected chi connectivity index (χ2v) is 26.0. The Morgan fingerprint density at radius 3 is 1.00 bits per heavy atom. The summed E-state index contributed by atoms with van der Waals surface area (Å²) in [6.07, 6.45) is 11.3. The maximum absolute atomic E-state index is 2.36. The molecule has 0 aliphatic heterocycles. The van der Waals surface area contributed by atoms with Crippen molar-refractivity contribution < 1.29 is 18.3 Å². The molecule has 0 atom stereocenters. The lowest BCUT2D eigenvalue weighted by Crippen LogP contribution is -2.32. The van der Waals surface area contributed by atoms with Crippen LogP contribution in [0.15, 0.2) is 122 Å². The van der Waals surface area contributed by atoms with Gasteiger partial charge < -0.3 is 0 Å². The van der Waals surface area contributed by atoms with E-state index in [1.165, 1.54) is 134 Å². The number of hydrogen-bond donors (Lipinski definition) is 0. The molecule has 4 aromatic carbocycles. The molecule has 0 N–H and O–H groups in total. The van der Waals surface area contributed by atoms with Crippen molar-refractivity contribution in [1.29, 1.82) is 0 Å². The van der Waals surface area contributed by atoms with Gasteiger partial charge in [-0.1, -0.05) is 144 Å². The topological polar surface area (TPSA) is 15.5 Å². The van der Waals surface area contributed by atoms with E-state index in [0.717, 1.165) is 12.8 Å². The predicted octanol–water partition coefficient (Wildman–Crippen LogP) is 18.9. The molecule has 0 bridgehead atoms. The molecule has 0 unspecified atom stereocenters. The van der Waals surface area contributed by atoms with Crippen molar-refractivity contribution in [2.24, 2.45) is 34.1 Å². The molecule has 0 saturated carbocycles. The zero-order valence-corrected chi connectivity index (χ0v) is 56.2. The van der Waals surface area contributed by atoms with Crippen molar-refractivity contribution in [3.8, 4) is 45.0 Å². The van der Waals surface area contributed by atoms with E-state index in [-0.39, 0.29) is 0 Å². The minimum absolute atomic E-state index is 0.560. The van der Waals surface area contributed by atoms with Gasteiger partial charge in [-0.3, -0.25) is 0 Å². The predicted molar refractivity (Wildman–Crippen MR) is 353 cm³/mol. The van der Waals surface area contributed by atoms with E-state index in [4.69, 9.17) is 0 Å². The maximum atomic E-state index is 2.36. The van der Waals surface area contributed by atoms with Crippen LogP contribution in [-0.2, 0) is 41.0 Å². The number of hydrogen-bond acceptors (Lipinski definition) is 0. The van der Waals surface area contributed by atoms with E-state index < -0.39 is 0 Å². The molecule has 0 aliphatic rings. The summed E-state index contributed by atoms with van der Waals surface area (Å²) in [4.78, 5) is 0. The molecule has 0 radical (unpaired) electrons. The average molecular weight is 1100 g/mol. The lowest BCUT2D eigenvalue weighted by atomic mass is 9.94. The van der Waals surface area contributed by atoms with Crippen LogP contribution in [0.5, 0.6) is 0 Å². The Morgan fingerprint density at radius 2 is 0.646 bits per heavy atom. The van der Waals surface area contributed by atoms with Gasteiger partial charge in [0.05, 0.1) is 0 Å². The van der Waals surface area contributed by atoms with Crippen LogP contribution in [-0.4, -0.2) is 0 Å². The van der Waals surface area contributed by atoms with Gasteiger partial charge in [-0.15, -0.1) is 0 Å². The first-order chi connectivity index (χ1) is 38.4. The highest BCUT2D eigenvalue weighted by Gasteiger charge is 2.22. The molecule has 8 aromatic rings. The van der Waals surface area contributed by atoms with Gasteiger partial charge in [-0.2, -0.15) is 0 Å². The summed E-state index contributed by atoms with van der Waals surface area (Å²) in [6.45, 7) is 49.1. The molecule has 0 saturated heterocycles. The highest BCUT2D eigenvalue weighted by molar-refractivity contribution is 5.66. The van der Waals surface area contributed by atoms with Gasteiger partial charge in [-0.25, -0.2) is 18.3 Å². The van der Waals surface area contributed by atoms with Crippen molar-refractivity contribution in [2.75, 3.05) is 0 Å². The van der Waals surface area contributed by atoms with E-state index in [2.05, 4.69) is 321 Å². The molecular formula is C78H108N4+4. The highest BCUT2D eigenvalue weighted by atomic mass is 14.9. The molecule has 0 spiro atoms. The van der Waals surface area contributed by atoms with Crippen LogP contribution in [0.25, 0.3) is 45.0 Å². The Labute approximate surface area is 500 Å².